The summed E-state index contributed by atoms with van der Waals surface area (Å²) in [7, 11) is -0.829. The fourth-order valence-corrected chi connectivity index (χ4v) is 8.47. The third-order valence-corrected chi connectivity index (χ3v) is 10.4. The molecule has 0 aromatic carbocycles. The Morgan fingerprint density at radius 2 is 1.92 bits per heavy atom. The molecule has 3 nitrogen and oxygen atoms in total. The molecule has 0 saturated heterocycles. The third-order valence-electron chi connectivity index (χ3n) is 8.77. The number of fused-ring (bicyclic) bond motifs is 5. The molecule has 0 aromatic heterocycles. The van der Waals surface area contributed by atoms with Gasteiger partial charge in [0.25, 0.3) is 0 Å². The van der Waals surface area contributed by atoms with Gasteiger partial charge < -0.3 is 5.73 Å². The summed E-state index contributed by atoms with van der Waals surface area (Å²) < 4.78 is 12.6. The molecule has 3 saturated carbocycles. The van der Waals surface area contributed by atoms with Crippen LogP contribution in [0.15, 0.2) is 11.0 Å². The average Bonchev–Trinajstić information content (AvgIpc) is 2.94. The highest BCUT2D eigenvalue weighted by molar-refractivity contribution is 7.88. The van der Waals surface area contributed by atoms with Crippen molar-refractivity contribution in [3.05, 3.63) is 11.0 Å². The van der Waals surface area contributed by atoms with Crippen LogP contribution < -0.4 is 5.73 Å². The van der Waals surface area contributed by atoms with E-state index in [1.54, 1.807) is 0 Å². The quantitative estimate of drug-likeness (QED) is 0.799. The molecule has 4 aliphatic carbocycles. The first-order chi connectivity index (χ1) is 12.4. The Morgan fingerprint density at radius 3 is 2.69 bits per heavy atom. The lowest BCUT2D eigenvalue weighted by Crippen LogP contribution is -2.52. The normalized spacial score (nSPS) is 46.1. The van der Waals surface area contributed by atoms with Gasteiger partial charge >= 0.3 is 0 Å². The van der Waals surface area contributed by atoms with Crippen LogP contribution in [0.3, 0.4) is 0 Å². The number of Topliss-reactive ketones (excluding diaryl/α,β-unsaturated/α-hetero) is 1. The Labute approximate surface area is 161 Å². The largest absolute Gasteiger partial charge is 0.330 e. The molecule has 26 heavy (non-hydrogen) atoms. The van der Waals surface area contributed by atoms with Crippen molar-refractivity contribution in [3.8, 4) is 0 Å². The number of nitrogens with two attached hydrogens (primary N) is 1. The van der Waals surface area contributed by atoms with Gasteiger partial charge in [0.15, 0.2) is 0 Å². The molecule has 0 amide bonds. The molecular formula is C22H35NO2S. The first-order valence-electron chi connectivity index (χ1n) is 10.7. The third kappa shape index (κ3) is 2.78. The molecule has 0 heterocycles. The maximum absolute atomic E-state index is 12.6. The van der Waals surface area contributed by atoms with Crippen molar-refractivity contribution in [3.63, 3.8) is 0 Å². The van der Waals surface area contributed by atoms with Gasteiger partial charge in [-0.25, -0.2) is 0 Å². The molecule has 0 bridgehead atoms. The summed E-state index contributed by atoms with van der Waals surface area (Å²) in [5.74, 6) is 3.95. The summed E-state index contributed by atoms with van der Waals surface area (Å²) in [5, 5.41) is 0. The molecule has 7 atom stereocenters. The summed E-state index contributed by atoms with van der Waals surface area (Å²) in [6.45, 7) is 5.39. The summed E-state index contributed by atoms with van der Waals surface area (Å²) in [5.41, 5.74) is 5.91. The lowest BCUT2D eigenvalue weighted by atomic mass is 9.46. The highest BCUT2D eigenvalue weighted by atomic mass is 32.2. The molecule has 0 spiro atoms. The number of hydrogen-bond donors (Lipinski definition) is 1. The van der Waals surface area contributed by atoms with Crippen LogP contribution in [0.5, 0.6) is 0 Å². The first kappa shape index (κ1) is 18.9. The molecule has 7 unspecified atom stereocenters. The maximum atomic E-state index is 12.6. The van der Waals surface area contributed by atoms with Crippen LogP contribution in [0.1, 0.15) is 71.6 Å². The van der Waals surface area contributed by atoms with Crippen molar-refractivity contribution in [2.24, 2.45) is 40.2 Å². The fourth-order valence-electron chi connectivity index (χ4n) is 7.14. The lowest BCUT2D eigenvalue weighted by molar-refractivity contribution is -0.135. The van der Waals surface area contributed by atoms with E-state index >= 15 is 0 Å². The van der Waals surface area contributed by atoms with Crippen molar-refractivity contribution < 1.29 is 9.00 Å². The second kappa shape index (κ2) is 6.84. The van der Waals surface area contributed by atoms with Crippen LogP contribution in [0.2, 0.25) is 0 Å². The molecule has 3 fully saturated rings. The van der Waals surface area contributed by atoms with Crippen LogP contribution in [0.25, 0.3) is 0 Å². The minimum atomic E-state index is -0.829. The van der Waals surface area contributed by atoms with Crippen LogP contribution in [-0.4, -0.2) is 22.3 Å². The Bertz CT molecular complexity index is 644. The summed E-state index contributed by atoms with van der Waals surface area (Å²) in [4.78, 5) is 13.7. The van der Waals surface area contributed by atoms with Crippen molar-refractivity contribution in [2.45, 2.75) is 71.6 Å². The summed E-state index contributed by atoms with van der Waals surface area (Å²) in [6, 6.07) is 0. The number of carbonyl (C=O) groups is 1. The van der Waals surface area contributed by atoms with Gasteiger partial charge in [-0.2, -0.15) is 0 Å². The van der Waals surface area contributed by atoms with Gasteiger partial charge in [0, 0.05) is 33.3 Å². The van der Waals surface area contributed by atoms with Crippen molar-refractivity contribution in [2.75, 3.05) is 12.3 Å². The molecule has 4 aliphatic rings. The molecule has 2 N–H and O–H groups in total. The van der Waals surface area contributed by atoms with Crippen molar-refractivity contribution in [1.82, 2.24) is 0 Å². The lowest BCUT2D eigenvalue weighted by Gasteiger charge is -2.58. The summed E-state index contributed by atoms with van der Waals surface area (Å²) in [6.07, 6.45) is 12.2. The standard InChI is InChI=1S/C22H35NO2S/c1-21-10-8-16(26(25)13-3-12-23)14-15(21)4-5-17-18-6-7-20(24)22(18,2)11-9-19(17)21/h14-15,17-19H,3-13,23H2,1-2H3. The Hall–Kier alpha value is -0.480. The first-order valence-corrected chi connectivity index (χ1v) is 12.0. The van der Waals surface area contributed by atoms with Gasteiger partial charge in [0.2, 0.25) is 0 Å². The van der Waals surface area contributed by atoms with E-state index in [0.717, 1.165) is 49.7 Å². The molecule has 0 aromatic rings. The minimum Gasteiger partial charge on any atom is -0.330 e. The molecule has 0 aliphatic heterocycles. The minimum absolute atomic E-state index is 0.0241. The second-order valence-corrected chi connectivity index (χ2v) is 11.4. The Kier molecular flexibility index (Phi) is 4.97. The van der Waals surface area contributed by atoms with Crippen LogP contribution in [0, 0.1) is 34.5 Å². The maximum Gasteiger partial charge on any atom is 0.139 e. The molecule has 4 rings (SSSR count). The van der Waals surface area contributed by atoms with E-state index < -0.39 is 10.8 Å². The Morgan fingerprint density at radius 1 is 1.12 bits per heavy atom. The second-order valence-electron chi connectivity index (χ2n) is 9.81. The van der Waals surface area contributed by atoms with E-state index in [0.29, 0.717) is 29.6 Å². The topological polar surface area (TPSA) is 60.2 Å². The zero-order chi connectivity index (χ0) is 18.5. The smallest absolute Gasteiger partial charge is 0.139 e. The Balaban J connectivity index is 1.55. The number of hydrogen-bond acceptors (Lipinski definition) is 3. The zero-order valence-corrected chi connectivity index (χ0v) is 17.3. The van der Waals surface area contributed by atoms with Crippen LogP contribution in [-0.2, 0) is 15.6 Å². The van der Waals surface area contributed by atoms with Crippen molar-refractivity contribution in [1.29, 1.82) is 0 Å². The van der Waals surface area contributed by atoms with E-state index in [-0.39, 0.29) is 5.41 Å². The highest BCUT2D eigenvalue weighted by Crippen LogP contribution is 2.65. The molecule has 0 radical (unpaired) electrons. The van der Waals surface area contributed by atoms with E-state index in [4.69, 9.17) is 5.73 Å². The van der Waals surface area contributed by atoms with Crippen molar-refractivity contribution >= 4 is 16.6 Å². The predicted octanol–water partition coefficient (Wildman–Crippen LogP) is 4.19. The van der Waals surface area contributed by atoms with E-state index in [1.165, 1.54) is 30.6 Å². The van der Waals surface area contributed by atoms with Gasteiger partial charge in [-0.1, -0.05) is 19.9 Å². The monoisotopic (exact) mass is 377 g/mol. The number of rotatable bonds is 4. The van der Waals surface area contributed by atoms with Gasteiger partial charge in [-0.05, 0) is 87.0 Å². The van der Waals surface area contributed by atoms with Gasteiger partial charge in [-0.3, -0.25) is 9.00 Å². The zero-order valence-electron chi connectivity index (χ0n) is 16.5. The van der Waals surface area contributed by atoms with E-state index in [1.807, 2.05) is 0 Å². The van der Waals surface area contributed by atoms with Crippen LogP contribution >= 0.6 is 0 Å². The van der Waals surface area contributed by atoms with Gasteiger partial charge in [0.05, 0.1) is 0 Å². The number of carbonyl (C=O) groups excluding carboxylic acids is 1. The van der Waals surface area contributed by atoms with E-state index in [2.05, 4.69) is 19.9 Å². The van der Waals surface area contributed by atoms with Crippen LogP contribution in [0.4, 0.5) is 0 Å². The predicted molar refractivity (Wildman–Crippen MR) is 107 cm³/mol. The molecular weight excluding hydrogens is 342 g/mol. The SMILES string of the molecule is CC12CCC3C(CCC4C=C(S(=O)CCCN)CCC43C)C1CCC2=O. The fraction of sp³-hybridized carbons (Fsp3) is 0.864. The average molecular weight is 378 g/mol. The van der Waals surface area contributed by atoms with Gasteiger partial charge in [0.1, 0.15) is 5.78 Å². The highest BCUT2D eigenvalue weighted by Gasteiger charge is 2.59. The summed E-state index contributed by atoms with van der Waals surface area (Å²) >= 11 is 0. The number of allylic oxidation sites excluding steroid dienone is 2. The molecule has 146 valence electrons. The molecule has 4 heteroatoms. The van der Waals surface area contributed by atoms with E-state index in [9.17, 15) is 9.00 Å². The number of ketones is 1. The van der Waals surface area contributed by atoms with Gasteiger partial charge in [-0.15, -0.1) is 0 Å².